The molecule has 1 aliphatic heterocycles. The molecule has 0 spiro atoms. The van der Waals surface area contributed by atoms with E-state index in [4.69, 9.17) is 12.2 Å². The van der Waals surface area contributed by atoms with Crippen LogP contribution in [0.25, 0.3) is 0 Å². The van der Waals surface area contributed by atoms with Crippen LogP contribution in [0.2, 0.25) is 0 Å². The molecule has 0 aromatic carbocycles. The maximum atomic E-state index is 10.9. The number of aryl methyl sites for hydroxylation is 1. The zero-order valence-corrected chi connectivity index (χ0v) is 14.5. The Morgan fingerprint density at radius 2 is 2.17 bits per heavy atom. The Bertz CT molecular complexity index is 807. The van der Waals surface area contributed by atoms with E-state index in [0.29, 0.717) is 16.3 Å². The first-order valence-electron chi connectivity index (χ1n) is 8.02. The summed E-state index contributed by atoms with van der Waals surface area (Å²) in [6.45, 7) is 6.31. The molecule has 1 aliphatic rings. The summed E-state index contributed by atoms with van der Waals surface area (Å²) in [5.74, 6) is 2.19. The summed E-state index contributed by atoms with van der Waals surface area (Å²) in [5, 5.41) is 18.2. The summed E-state index contributed by atoms with van der Waals surface area (Å²) in [6.07, 6.45) is 3.26. The van der Waals surface area contributed by atoms with Gasteiger partial charge in [0.15, 0.2) is 4.77 Å². The van der Waals surface area contributed by atoms with Gasteiger partial charge < -0.3 is 9.47 Å². The number of hydrogen-bond donors (Lipinski definition) is 1. The SMILES string of the molecule is CCn1c(C2CCN(c3cc(C)c([N+](=O)[O-])cn3)CC2)n[nH]c1=S. The lowest BCUT2D eigenvalue weighted by molar-refractivity contribution is -0.385. The van der Waals surface area contributed by atoms with E-state index >= 15 is 0 Å². The van der Waals surface area contributed by atoms with Crippen LogP contribution in [0, 0.1) is 21.8 Å². The quantitative estimate of drug-likeness (QED) is 0.519. The second kappa shape index (κ2) is 6.68. The van der Waals surface area contributed by atoms with Gasteiger partial charge in [-0.15, -0.1) is 0 Å². The fraction of sp³-hybridized carbons (Fsp3) is 0.533. The first-order valence-corrected chi connectivity index (χ1v) is 8.43. The second-order valence-corrected chi connectivity index (χ2v) is 6.37. The van der Waals surface area contributed by atoms with Crippen molar-refractivity contribution in [2.24, 2.45) is 0 Å². The van der Waals surface area contributed by atoms with Crippen LogP contribution >= 0.6 is 12.2 Å². The van der Waals surface area contributed by atoms with E-state index in [-0.39, 0.29) is 5.69 Å². The molecule has 0 amide bonds. The number of aromatic amines is 1. The Morgan fingerprint density at radius 1 is 1.46 bits per heavy atom. The van der Waals surface area contributed by atoms with E-state index < -0.39 is 4.92 Å². The van der Waals surface area contributed by atoms with Gasteiger partial charge in [0, 0.05) is 31.1 Å². The van der Waals surface area contributed by atoms with Gasteiger partial charge in [-0.3, -0.25) is 15.2 Å². The van der Waals surface area contributed by atoms with Gasteiger partial charge in [-0.25, -0.2) is 4.98 Å². The molecule has 0 radical (unpaired) electrons. The lowest BCUT2D eigenvalue weighted by Crippen LogP contribution is -2.34. The standard InChI is InChI=1S/C15H20N6O2S/c1-3-20-14(17-18-15(20)24)11-4-6-19(7-5-11)13-8-10(2)12(9-16-13)21(22)23/h8-9,11H,3-7H2,1-2H3,(H,18,24). The molecule has 2 aromatic rings. The van der Waals surface area contributed by atoms with Crippen molar-refractivity contribution in [2.45, 2.75) is 39.2 Å². The van der Waals surface area contributed by atoms with Gasteiger partial charge in [-0.05, 0) is 45.0 Å². The molecule has 0 unspecified atom stereocenters. The largest absolute Gasteiger partial charge is 0.357 e. The van der Waals surface area contributed by atoms with Gasteiger partial charge in [0.1, 0.15) is 17.8 Å². The third kappa shape index (κ3) is 3.03. The van der Waals surface area contributed by atoms with Crippen molar-refractivity contribution in [2.75, 3.05) is 18.0 Å². The molecule has 9 heteroatoms. The van der Waals surface area contributed by atoms with Gasteiger partial charge in [0.05, 0.1) is 4.92 Å². The van der Waals surface area contributed by atoms with Crippen molar-refractivity contribution in [3.8, 4) is 0 Å². The van der Waals surface area contributed by atoms with Crippen molar-refractivity contribution in [1.82, 2.24) is 19.7 Å². The monoisotopic (exact) mass is 348 g/mol. The van der Waals surface area contributed by atoms with Gasteiger partial charge >= 0.3 is 0 Å². The molecule has 3 heterocycles. The minimum atomic E-state index is -0.397. The zero-order valence-electron chi connectivity index (χ0n) is 13.7. The van der Waals surface area contributed by atoms with Crippen LogP contribution in [0.4, 0.5) is 11.5 Å². The van der Waals surface area contributed by atoms with E-state index in [1.54, 1.807) is 13.0 Å². The molecule has 24 heavy (non-hydrogen) atoms. The van der Waals surface area contributed by atoms with Gasteiger partial charge in [-0.1, -0.05) is 0 Å². The first-order chi connectivity index (χ1) is 11.5. The highest BCUT2D eigenvalue weighted by Crippen LogP contribution is 2.30. The average Bonchev–Trinajstić information content (AvgIpc) is 2.95. The van der Waals surface area contributed by atoms with E-state index in [0.717, 1.165) is 44.1 Å². The smallest absolute Gasteiger partial charge is 0.290 e. The minimum Gasteiger partial charge on any atom is -0.357 e. The molecule has 0 atom stereocenters. The van der Waals surface area contributed by atoms with Crippen LogP contribution in [-0.2, 0) is 6.54 Å². The maximum absolute atomic E-state index is 10.9. The molecule has 0 saturated carbocycles. The summed E-state index contributed by atoms with van der Waals surface area (Å²) < 4.78 is 2.71. The summed E-state index contributed by atoms with van der Waals surface area (Å²) in [4.78, 5) is 16.9. The molecule has 0 aliphatic carbocycles. The average molecular weight is 348 g/mol. The number of nitro groups is 1. The van der Waals surface area contributed by atoms with Crippen LogP contribution in [0.1, 0.15) is 37.1 Å². The number of anilines is 1. The molecule has 3 rings (SSSR count). The predicted octanol–water partition coefficient (Wildman–Crippen LogP) is 2.96. The lowest BCUT2D eigenvalue weighted by Gasteiger charge is -2.32. The normalized spacial score (nSPS) is 15.7. The highest BCUT2D eigenvalue weighted by atomic mass is 32.1. The fourth-order valence-electron chi connectivity index (χ4n) is 3.21. The van der Waals surface area contributed by atoms with Crippen molar-refractivity contribution < 1.29 is 4.92 Å². The number of hydrogen-bond acceptors (Lipinski definition) is 6. The molecular weight excluding hydrogens is 328 g/mol. The Hall–Kier alpha value is -2.29. The second-order valence-electron chi connectivity index (χ2n) is 5.98. The predicted molar refractivity (Wildman–Crippen MR) is 92.9 cm³/mol. The topological polar surface area (TPSA) is 92.9 Å². The highest BCUT2D eigenvalue weighted by molar-refractivity contribution is 7.71. The molecule has 1 saturated heterocycles. The third-order valence-corrected chi connectivity index (χ3v) is 4.87. The van der Waals surface area contributed by atoms with Gasteiger partial charge in [0.25, 0.3) is 5.69 Å². The molecule has 128 valence electrons. The third-order valence-electron chi connectivity index (χ3n) is 4.55. The number of piperidine rings is 1. The number of aromatic nitrogens is 4. The van der Waals surface area contributed by atoms with Crippen molar-refractivity contribution in [3.63, 3.8) is 0 Å². The van der Waals surface area contributed by atoms with Crippen LogP contribution < -0.4 is 4.90 Å². The number of pyridine rings is 1. The number of nitrogens with zero attached hydrogens (tertiary/aromatic N) is 5. The maximum Gasteiger partial charge on any atom is 0.290 e. The van der Waals surface area contributed by atoms with Crippen LogP contribution in [0.3, 0.4) is 0 Å². The summed E-state index contributed by atoms with van der Waals surface area (Å²) in [5.41, 5.74) is 0.700. The van der Waals surface area contributed by atoms with E-state index in [9.17, 15) is 10.1 Å². The van der Waals surface area contributed by atoms with Gasteiger partial charge in [-0.2, -0.15) is 5.10 Å². The molecule has 2 aromatic heterocycles. The van der Waals surface area contributed by atoms with Crippen LogP contribution in [0.5, 0.6) is 0 Å². The summed E-state index contributed by atoms with van der Waals surface area (Å²) in [6, 6.07) is 1.79. The van der Waals surface area contributed by atoms with Crippen LogP contribution in [-0.4, -0.2) is 37.8 Å². The first kappa shape index (κ1) is 16.6. The van der Waals surface area contributed by atoms with Gasteiger partial charge in [0.2, 0.25) is 0 Å². The van der Waals surface area contributed by atoms with E-state index in [2.05, 4.69) is 27.0 Å². The Labute approximate surface area is 144 Å². The summed E-state index contributed by atoms with van der Waals surface area (Å²) >= 11 is 5.26. The fourth-order valence-corrected chi connectivity index (χ4v) is 3.48. The molecule has 0 bridgehead atoms. The molecular formula is C15H20N6O2S. The molecule has 8 nitrogen and oxygen atoms in total. The Balaban J connectivity index is 1.72. The Morgan fingerprint density at radius 3 is 2.75 bits per heavy atom. The molecule has 1 N–H and O–H groups in total. The Kier molecular flexibility index (Phi) is 4.61. The van der Waals surface area contributed by atoms with E-state index in [1.165, 1.54) is 6.20 Å². The van der Waals surface area contributed by atoms with E-state index in [1.807, 2.05) is 4.57 Å². The zero-order chi connectivity index (χ0) is 17.3. The number of rotatable bonds is 4. The highest BCUT2D eigenvalue weighted by Gasteiger charge is 2.26. The number of H-pyrrole nitrogens is 1. The molecule has 1 fully saturated rings. The minimum absolute atomic E-state index is 0.0621. The van der Waals surface area contributed by atoms with Crippen molar-refractivity contribution in [3.05, 3.63) is 38.5 Å². The lowest BCUT2D eigenvalue weighted by atomic mass is 9.96. The van der Waals surface area contributed by atoms with Crippen molar-refractivity contribution >= 4 is 23.7 Å². The van der Waals surface area contributed by atoms with Crippen molar-refractivity contribution in [1.29, 1.82) is 0 Å². The summed E-state index contributed by atoms with van der Waals surface area (Å²) in [7, 11) is 0. The van der Waals surface area contributed by atoms with Crippen LogP contribution in [0.15, 0.2) is 12.3 Å². The number of nitrogens with one attached hydrogen (secondary N) is 1.